The summed E-state index contributed by atoms with van der Waals surface area (Å²) in [4.78, 5) is 3.26. The van der Waals surface area contributed by atoms with Crippen molar-refractivity contribution in [2.75, 3.05) is 33.4 Å². The van der Waals surface area contributed by atoms with Crippen molar-refractivity contribution >= 4 is 15.9 Å². The third-order valence-corrected chi connectivity index (χ3v) is 4.22. The van der Waals surface area contributed by atoms with Crippen molar-refractivity contribution in [3.8, 4) is 0 Å². The lowest BCUT2D eigenvalue weighted by molar-refractivity contribution is 0.170. The fourth-order valence-corrected chi connectivity index (χ4v) is 2.54. The Morgan fingerprint density at radius 1 is 1.43 bits per heavy atom. The van der Waals surface area contributed by atoms with Crippen molar-refractivity contribution < 1.29 is 4.74 Å². The first-order chi connectivity index (χ1) is 6.74. The van der Waals surface area contributed by atoms with E-state index in [1.165, 1.54) is 38.9 Å². The van der Waals surface area contributed by atoms with Crippen LogP contribution in [0.5, 0.6) is 0 Å². The minimum absolute atomic E-state index is 0.693. The van der Waals surface area contributed by atoms with E-state index in [1.807, 2.05) is 0 Å². The molecule has 0 N–H and O–H groups in total. The van der Waals surface area contributed by atoms with Crippen LogP contribution < -0.4 is 0 Å². The van der Waals surface area contributed by atoms with Gasteiger partial charge in [-0.25, -0.2) is 0 Å². The molecule has 1 saturated heterocycles. The summed E-state index contributed by atoms with van der Waals surface area (Å²) in [7, 11) is 1.77. The number of ether oxygens (including phenoxy) is 1. The Morgan fingerprint density at radius 2 is 2.21 bits per heavy atom. The van der Waals surface area contributed by atoms with Gasteiger partial charge in [-0.15, -0.1) is 0 Å². The summed E-state index contributed by atoms with van der Waals surface area (Å²) in [6.45, 7) is 6.96. The average Bonchev–Trinajstić information content (AvgIpc) is 2.18. The zero-order chi connectivity index (χ0) is 10.4. The fourth-order valence-electron chi connectivity index (χ4n) is 1.87. The van der Waals surface area contributed by atoms with Crippen LogP contribution in [0.15, 0.2) is 0 Å². The zero-order valence-electron chi connectivity index (χ0n) is 9.34. The number of alkyl halides is 1. The summed E-state index contributed by atoms with van der Waals surface area (Å²) >= 11 is 3.75. The fraction of sp³-hybridized carbons (Fsp3) is 1.00. The van der Waals surface area contributed by atoms with Gasteiger partial charge in [-0.2, -0.15) is 0 Å². The van der Waals surface area contributed by atoms with Crippen LogP contribution >= 0.6 is 15.9 Å². The van der Waals surface area contributed by atoms with Gasteiger partial charge in [0.25, 0.3) is 0 Å². The molecule has 0 aromatic rings. The first-order valence-electron chi connectivity index (χ1n) is 5.59. The summed E-state index contributed by atoms with van der Waals surface area (Å²) in [5.74, 6) is 0.838. The molecule has 1 aliphatic rings. The van der Waals surface area contributed by atoms with Gasteiger partial charge in [-0.3, -0.25) is 0 Å². The van der Waals surface area contributed by atoms with E-state index in [9.17, 15) is 0 Å². The molecule has 0 aromatic heterocycles. The Bertz CT molecular complexity index is 154. The number of piperidine rings is 1. The number of likely N-dealkylation sites (tertiary alicyclic amines) is 1. The molecule has 14 heavy (non-hydrogen) atoms. The monoisotopic (exact) mass is 263 g/mol. The Kier molecular flexibility index (Phi) is 6.06. The topological polar surface area (TPSA) is 12.5 Å². The molecule has 0 bridgehead atoms. The first-order valence-corrected chi connectivity index (χ1v) is 6.51. The van der Waals surface area contributed by atoms with E-state index >= 15 is 0 Å². The van der Waals surface area contributed by atoms with Crippen molar-refractivity contribution in [1.82, 2.24) is 4.90 Å². The molecule has 84 valence electrons. The van der Waals surface area contributed by atoms with Gasteiger partial charge in [-0.05, 0) is 38.3 Å². The van der Waals surface area contributed by atoms with Crippen molar-refractivity contribution in [2.24, 2.45) is 5.92 Å². The molecular formula is C11H22BrNO. The molecule has 2 unspecified atom stereocenters. The Morgan fingerprint density at radius 3 is 2.86 bits per heavy atom. The minimum atomic E-state index is 0.693. The van der Waals surface area contributed by atoms with Crippen LogP contribution in [0.3, 0.4) is 0 Å². The number of methoxy groups -OCH3 is 1. The third-order valence-electron chi connectivity index (χ3n) is 3.02. The highest BCUT2D eigenvalue weighted by Gasteiger charge is 2.23. The second-order valence-electron chi connectivity index (χ2n) is 4.28. The highest BCUT2D eigenvalue weighted by Crippen LogP contribution is 2.23. The molecule has 0 amide bonds. The van der Waals surface area contributed by atoms with E-state index in [1.54, 1.807) is 7.11 Å². The molecule has 1 fully saturated rings. The van der Waals surface area contributed by atoms with Crippen LogP contribution in [-0.4, -0.2) is 43.1 Å². The standard InChI is InChI=1S/C11H22BrNO/c1-10-5-7-13(9-11(10)12)6-3-4-8-14-2/h10-11H,3-9H2,1-2H3. The van der Waals surface area contributed by atoms with Crippen LogP contribution in [0.4, 0.5) is 0 Å². The summed E-state index contributed by atoms with van der Waals surface area (Å²) in [5.41, 5.74) is 0. The first kappa shape index (κ1) is 12.5. The number of hydrogen-bond acceptors (Lipinski definition) is 2. The van der Waals surface area contributed by atoms with E-state index < -0.39 is 0 Å². The molecule has 0 aromatic carbocycles. The van der Waals surface area contributed by atoms with Crippen molar-refractivity contribution in [2.45, 2.75) is 31.0 Å². The van der Waals surface area contributed by atoms with Crippen LogP contribution in [0.25, 0.3) is 0 Å². The highest BCUT2D eigenvalue weighted by molar-refractivity contribution is 9.09. The predicted octanol–water partition coefficient (Wildman–Crippen LogP) is 2.52. The van der Waals surface area contributed by atoms with Crippen LogP contribution in [-0.2, 0) is 4.74 Å². The highest BCUT2D eigenvalue weighted by atomic mass is 79.9. The Labute approximate surface area is 96.1 Å². The van der Waals surface area contributed by atoms with E-state index in [2.05, 4.69) is 27.8 Å². The molecule has 0 radical (unpaired) electrons. The average molecular weight is 264 g/mol. The van der Waals surface area contributed by atoms with Gasteiger partial charge in [0.05, 0.1) is 0 Å². The molecule has 0 spiro atoms. The van der Waals surface area contributed by atoms with Crippen LogP contribution in [0.1, 0.15) is 26.2 Å². The molecule has 2 nitrogen and oxygen atoms in total. The zero-order valence-corrected chi connectivity index (χ0v) is 10.9. The quantitative estimate of drug-likeness (QED) is 0.559. The van der Waals surface area contributed by atoms with E-state index in [-0.39, 0.29) is 0 Å². The van der Waals surface area contributed by atoms with Gasteiger partial charge >= 0.3 is 0 Å². The van der Waals surface area contributed by atoms with Gasteiger partial charge in [-0.1, -0.05) is 22.9 Å². The van der Waals surface area contributed by atoms with Gasteiger partial charge < -0.3 is 9.64 Å². The van der Waals surface area contributed by atoms with E-state index in [0.29, 0.717) is 4.83 Å². The maximum Gasteiger partial charge on any atom is 0.0462 e. The third kappa shape index (κ3) is 4.28. The van der Waals surface area contributed by atoms with E-state index in [4.69, 9.17) is 4.74 Å². The number of unbranched alkanes of at least 4 members (excludes halogenated alkanes) is 1. The minimum Gasteiger partial charge on any atom is -0.385 e. The predicted molar refractivity (Wildman–Crippen MR) is 64.0 cm³/mol. The number of halogens is 1. The SMILES string of the molecule is COCCCCN1CCC(C)C(Br)C1. The van der Waals surface area contributed by atoms with E-state index in [0.717, 1.165) is 12.5 Å². The number of hydrogen-bond donors (Lipinski definition) is 0. The summed E-state index contributed by atoms with van der Waals surface area (Å²) in [6, 6.07) is 0. The van der Waals surface area contributed by atoms with Crippen LogP contribution in [0, 0.1) is 5.92 Å². The lowest BCUT2D eigenvalue weighted by Gasteiger charge is -2.34. The lowest BCUT2D eigenvalue weighted by Crippen LogP contribution is -2.40. The molecule has 1 rings (SSSR count). The van der Waals surface area contributed by atoms with Crippen molar-refractivity contribution in [3.05, 3.63) is 0 Å². The summed E-state index contributed by atoms with van der Waals surface area (Å²) < 4.78 is 5.04. The molecular weight excluding hydrogens is 242 g/mol. The van der Waals surface area contributed by atoms with Gasteiger partial charge in [0.1, 0.15) is 0 Å². The summed E-state index contributed by atoms with van der Waals surface area (Å²) in [5, 5.41) is 0. The molecule has 3 heteroatoms. The molecule has 0 aliphatic carbocycles. The van der Waals surface area contributed by atoms with Crippen molar-refractivity contribution in [1.29, 1.82) is 0 Å². The second-order valence-corrected chi connectivity index (χ2v) is 5.46. The maximum absolute atomic E-state index is 5.04. The maximum atomic E-state index is 5.04. The van der Waals surface area contributed by atoms with Gasteiger partial charge in [0.2, 0.25) is 0 Å². The second kappa shape index (κ2) is 6.81. The molecule has 1 aliphatic heterocycles. The van der Waals surface area contributed by atoms with Crippen LogP contribution in [0.2, 0.25) is 0 Å². The van der Waals surface area contributed by atoms with Gasteiger partial charge in [0, 0.05) is 25.1 Å². The summed E-state index contributed by atoms with van der Waals surface area (Å²) in [6.07, 6.45) is 3.79. The van der Waals surface area contributed by atoms with Crippen molar-refractivity contribution in [3.63, 3.8) is 0 Å². The number of nitrogens with zero attached hydrogens (tertiary/aromatic N) is 1. The lowest BCUT2D eigenvalue weighted by atomic mass is 9.99. The Hall–Kier alpha value is 0.400. The Balaban J connectivity index is 2.07. The molecule has 1 heterocycles. The van der Waals surface area contributed by atoms with Gasteiger partial charge in [0.15, 0.2) is 0 Å². The number of rotatable bonds is 5. The smallest absolute Gasteiger partial charge is 0.0462 e. The normalized spacial score (nSPS) is 29.4. The molecule has 2 atom stereocenters. The molecule has 0 saturated carbocycles. The largest absolute Gasteiger partial charge is 0.385 e.